The van der Waals surface area contributed by atoms with Gasteiger partial charge in [-0.3, -0.25) is 0 Å². The molecule has 13 aromatic rings. The molecule has 0 aliphatic heterocycles. The van der Waals surface area contributed by atoms with Gasteiger partial charge in [-0.1, -0.05) is 187 Å². The van der Waals surface area contributed by atoms with E-state index in [1.54, 1.807) is 0 Å². The van der Waals surface area contributed by atoms with Crippen molar-refractivity contribution in [1.29, 1.82) is 0 Å². The Labute approximate surface area is 585 Å². The normalized spacial score (nSPS) is 11.2. The molecule has 0 amide bonds. The maximum atomic E-state index is 11.3. The molecule has 0 atom stereocenters. The van der Waals surface area contributed by atoms with Gasteiger partial charge < -0.3 is 33.9 Å². The maximum Gasteiger partial charge on any atom is 0.124 e. The molecule has 490 valence electrons. The summed E-state index contributed by atoms with van der Waals surface area (Å²) in [7, 11) is 0. The molecule has 7 heteroatoms. The lowest BCUT2D eigenvalue weighted by Crippen LogP contribution is -2.31. The minimum absolute atomic E-state index is 0.402. The highest BCUT2D eigenvalue weighted by Gasteiger charge is 2.39. The number of rotatable bonds is 25. The molecule has 0 aliphatic carbocycles. The van der Waals surface area contributed by atoms with E-state index in [4.69, 9.17) is 9.47 Å². The van der Waals surface area contributed by atoms with Crippen molar-refractivity contribution in [3.05, 3.63) is 360 Å². The predicted molar refractivity (Wildman–Crippen MR) is 415 cm³/mol. The van der Waals surface area contributed by atoms with Crippen LogP contribution in [0.1, 0.15) is 72.2 Å². The molecule has 13 aromatic carbocycles. The van der Waals surface area contributed by atoms with Gasteiger partial charge in [0.05, 0.1) is 18.6 Å². The van der Waals surface area contributed by atoms with E-state index in [2.05, 4.69) is 333 Å². The SMILES string of the molecule is CCOc1ccc(-c2ccc(N(c3ccc(C)cc3)c3ccc(C(c4ccc(N(CC)CC)cc4)(c4ccc(N(c5ccc(C)cc5)c5ccc(-c6ccc(CC=O)cc6)cc5)cc4)c4ccc(N(c5ccc(C)cc5)c5ccc(-c6ccc(OCC)cc6)cc5)cc4)cc3)cc2)cc1. The van der Waals surface area contributed by atoms with E-state index in [0.29, 0.717) is 19.6 Å². The van der Waals surface area contributed by atoms with Crippen LogP contribution in [0, 0.1) is 20.8 Å². The van der Waals surface area contributed by atoms with Crippen molar-refractivity contribution in [2.45, 2.75) is 60.3 Å². The number of aldehydes is 1. The van der Waals surface area contributed by atoms with Gasteiger partial charge in [-0.25, -0.2) is 0 Å². The van der Waals surface area contributed by atoms with Crippen molar-refractivity contribution < 1.29 is 14.3 Å². The number of benzene rings is 13. The minimum atomic E-state index is -0.864. The number of nitrogens with zero attached hydrogens (tertiary/aromatic N) is 4. The van der Waals surface area contributed by atoms with Crippen LogP contribution in [0.15, 0.2) is 315 Å². The molecule has 13 rings (SSSR count). The van der Waals surface area contributed by atoms with Gasteiger partial charge in [-0.05, 0) is 255 Å². The number of carbonyl (C=O) groups excluding carboxylic acids is 1. The largest absolute Gasteiger partial charge is 0.494 e. The van der Waals surface area contributed by atoms with Gasteiger partial charge in [0.15, 0.2) is 0 Å². The number of hydrogen-bond donors (Lipinski definition) is 0. The number of hydrogen-bond acceptors (Lipinski definition) is 7. The molecule has 99 heavy (non-hydrogen) atoms. The Morgan fingerprint density at radius 2 is 0.485 bits per heavy atom. The van der Waals surface area contributed by atoms with Crippen LogP contribution >= 0.6 is 0 Å². The highest BCUT2D eigenvalue weighted by atomic mass is 16.5. The Morgan fingerprint density at radius 1 is 0.273 bits per heavy atom. The summed E-state index contributed by atoms with van der Waals surface area (Å²) in [4.78, 5) is 20.8. The quantitative estimate of drug-likeness (QED) is 0.0417. The molecule has 0 saturated carbocycles. The smallest absolute Gasteiger partial charge is 0.124 e. The van der Waals surface area contributed by atoms with Gasteiger partial charge >= 0.3 is 0 Å². The van der Waals surface area contributed by atoms with Gasteiger partial charge in [0, 0.05) is 76.4 Å². The van der Waals surface area contributed by atoms with Crippen LogP contribution in [-0.2, 0) is 16.6 Å². The Morgan fingerprint density at radius 3 is 0.717 bits per heavy atom. The van der Waals surface area contributed by atoms with Gasteiger partial charge in [0.2, 0.25) is 0 Å². The summed E-state index contributed by atoms with van der Waals surface area (Å²) in [5.41, 5.74) is 25.5. The molecule has 7 nitrogen and oxygen atoms in total. The van der Waals surface area contributed by atoms with Crippen LogP contribution in [0.5, 0.6) is 11.5 Å². The Balaban J connectivity index is 0.974. The van der Waals surface area contributed by atoms with E-state index in [-0.39, 0.29) is 0 Å². The van der Waals surface area contributed by atoms with Crippen molar-refractivity contribution in [1.82, 2.24) is 0 Å². The van der Waals surface area contributed by atoms with Gasteiger partial charge in [-0.15, -0.1) is 0 Å². The lowest BCUT2D eigenvalue weighted by atomic mass is 9.65. The second-order valence-corrected chi connectivity index (χ2v) is 25.2. The zero-order valence-corrected chi connectivity index (χ0v) is 57.6. The summed E-state index contributed by atoms with van der Waals surface area (Å²) < 4.78 is 11.6. The fraction of sp³-hybridized carbons (Fsp3) is 0.141. The molecule has 0 spiro atoms. The van der Waals surface area contributed by atoms with Crippen LogP contribution in [0.3, 0.4) is 0 Å². The van der Waals surface area contributed by atoms with Gasteiger partial charge in [0.1, 0.15) is 17.8 Å². The van der Waals surface area contributed by atoms with Crippen LogP contribution in [0.2, 0.25) is 0 Å². The summed E-state index contributed by atoms with van der Waals surface area (Å²) >= 11 is 0. The number of carbonyl (C=O) groups is 1. The average molecular weight is 1290 g/mol. The third-order valence-electron chi connectivity index (χ3n) is 19.0. The lowest BCUT2D eigenvalue weighted by Gasteiger charge is -2.38. The number of anilines is 10. The van der Waals surface area contributed by atoms with Crippen molar-refractivity contribution in [3.8, 4) is 44.9 Å². The van der Waals surface area contributed by atoms with E-state index in [9.17, 15) is 4.79 Å². The first-order chi connectivity index (χ1) is 48.5. The van der Waals surface area contributed by atoms with E-state index >= 15 is 0 Å². The van der Waals surface area contributed by atoms with E-state index < -0.39 is 5.41 Å². The lowest BCUT2D eigenvalue weighted by molar-refractivity contribution is -0.107. The summed E-state index contributed by atoms with van der Waals surface area (Å²) in [5, 5.41) is 0. The standard InChI is InChI=1S/C92H84N4O3/c1-8-93(9-2)80-52-32-76(33-53-80)92(77-34-54-87(55-35-77)94(81-40-12-66(5)13-41-81)84-46-22-71(23-47-84)70-20-18-69(19-21-70)64-65-97,78-36-56-88(57-37-78)95(82-42-14-67(6)15-43-82)85-48-24-72(25-49-85)74-28-60-90(61-29-74)98-10-3)79-38-58-89(59-39-79)96(83-44-16-68(7)17-45-83)86-50-26-73(27-51-86)75-30-62-91(63-31-75)99-11-4/h12-63,65H,8-11,64H2,1-7H3. The molecule has 0 heterocycles. The van der Waals surface area contributed by atoms with Crippen LogP contribution in [0.25, 0.3) is 33.4 Å². The predicted octanol–water partition coefficient (Wildman–Crippen LogP) is 23.8. The number of aryl methyl sites for hydroxylation is 3. The Hall–Kier alpha value is -11.7. The fourth-order valence-corrected chi connectivity index (χ4v) is 13.7. The molecule has 0 N–H and O–H groups in total. The van der Waals surface area contributed by atoms with Crippen molar-refractivity contribution in [2.75, 3.05) is 45.9 Å². The molecule has 0 aliphatic rings. The third kappa shape index (κ3) is 14.3. The van der Waals surface area contributed by atoms with Gasteiger partial charge in [0.25, 0.3) is 0 Å². The number of ether oxygens (including phenoxy) is 2. The Bertz CT molecular complexity index is 4560. The zero-order valence-electron chi connectivity index (χ0n) is 57.6. The van der Waals surface area contributed by atoms with Gasteiger partial charge in [-0.2, -0.15) is 0 Å². The minimum Gasteiger partial charge on any atom is -0.494 e. The highest BCUT2D eigenvalue weighted by molar-refractivity contribution is 5.83. The van der Waals surface area contributed by atoms with Crippen LogP contribution in [0.4, 0.5) is 56.9 Å². The summed E-state index contributed by atoms with van der Waals surface area (Å²) in [6.45, 7) is 17.9. The third-order valence-corrected chi connectivity index (χ3v) is 19.0. The zero-order chi connectivity index (χ0) is 68.2. The average Bonchev–Trinajstić information content (AvgIpc) is 0.729. The summed E-state index contributed by atoms with van der Waals surface area (Å²) in [6.07, 6.45) is 1.36. The molecule has 0 bridgehead atoms. The van der Waals surface area contributed by atoms with Crippen LogP contribution in [-0.4, -0.2) is 32.6 Å². The maximum absolute atomic E-state index is 11.3. The molecule has 0 saturated heterocycles. The summed E-state index contributed by atoms with van der Waals surface area (Å²) in [5.74, 6) is 1.73. The van der Waals surface area contributed by atoms with Crippen molar-refractivity contribution in [3.63, 3.8) is 0 Å². The molecule has 0 aromatic heterocycles. The Kier molecular flexibility index (Phi) is 20.1. The second kappa shape index (κ2) is 30.2. The van der Waals surface area contributed by atoms with E-state index in [0.717, 1.165) is 143 Å². The monoisotopic (exact) mass is 1290 g/mol. The molecular weight excluding hydrogens is 1210 g/mol. The second-order valence-electron chi connectivity index (χ2n) is 25.2. The molecule has 0 unspecified atom stereocenters. The van der Waals surface area contributed by atoms with E-state index in [1.807, 2.05) is 50.2 Å². The van der Waals surface area contributed by atoms with Crippen LogP contribution < -0.4 is 29.1 Å². The van der Waals surface area contributed by atoms with Crippen molar-refractivity contribution in [2.24, 2.45) is 0 Å². The first-order valence-electron chi connectivity index (χ1n) is 34.6. The first kappa shape index (κ1) is 66.0. The highest BCUT2D eigenvalue weighted by Crippen LogP contribution is 2.50. The molecule has 0 radical (unpaired) electrons. The topological polar surface area (TPSA) is 48.5 Å². The van der Waals surface area contributed by atoms with Crippen molar-refractivity contribution >= 4 is 63.2 Å². The fourth-order valence-electron chi connectivity index (χ4n) is 13.7. The summed E-state index contributed by atoms with van der Waals surface area (Å²) in [6, 6.07) is 115. The first-order valence-corrected chi connectivity index (χ1v) is 34.6. The molecular formula is C92H84N4O3. The molecule has 0 fully saturated rings. The van der Waals surface area contributed by atoms with E-state index in [1.165, 1.54) is 22.4 Å².